The molecule has 3 rings (SSSR count). The van der Waals surface area contributed by atoms with E-state index in [1.54, 1.807) is 6.92 Å². The molecule has 0 N–H and O–H groups in total. The average Bonchev–Trinajstić information content (AvgIpc) is 1.96. The molecule has 0 saturated heterocycles. The number of carbonyl (C=O) groups excluding carboxylic acids is 1. The molecule has 3 fully saturated rings. The number of rotatable bonds is 3. The second-order valence-electron chi connectivity index (χ2n) is 4.16. The lowest BCUT2D eigenvalue weighted by Crippen LogP contribution is -2.68. The molecule has 13 heavy (non-hydrogen) atoms. The van der Waals surface area contributed by atoms with E-state index in [4.69, 9.17) is 0 Å². The minimum absolute atomic E-state index is 0.157. The Morgan fingerprint density at radius 3 is 2.54 bits per heavy atom. The van der Waals surface area contributed by atoms with E-state index in [1.165, 1.54) is 0 Å². The SMILES string of the molecule is CCOC(=O)C(F)C12CC(Br)(C1)C2. The maximum Gasteiger partial charge on any atom is 0.341 e. The number of alkyl halides is 2. The summed E-state index contributed by atoms with van der Waals surface area (Å²) in [6.45, 7) is 1.95. The highest BCUT2D eigenvalue weighted by molar-refractivity contribution is 9.10. The first kappa shape index (κ1) is 9.44. The van der Waals surface area contributed by atoms with E-state index in [1.807, 2.05) is 0 Å². The second kappa shape index (κ2) is 2.69. The molecule has 1 atom stereocenters. The van der Waals surface area contributed by atoms with E-state index in [0.717, 1.165) is 19.3 Å². The van der Waals surface area contributed by atoms with Gasteiger partial charge in [-0.25, -0.2) is 9.18 Å². The van der Waals surface area contributed by atoms with Crippen molar-refractivity contribution in [2.45, 2.75) is 36.7 Å². The minimum Gasteiger partial charge on any atom is -0.464 e. The zero-order valence-electron chi connectivity index (χ0n) is 7.48. The van der Waals surface area contributed by atoms with Crippen molar-refractivity contribution in [3.05, 3.63) is 0 Å². The van der Waals surface area contributed by atoms with Crippen LogP contribution in [0.15, 0.2) is 0 Å². The van der Waals surface area contributed by atoms with Gasteiger partial charge in [0, 0.05) is 9.74 Å². The molecule has 0 aromatic carbocycles. The predicted molar refractivity (Wildman–Crippen MR) is 49.5 cm³/mol. The predicted octanol–water partition coefficient (Wildman–Crippen LogP) is 2.21. The Morgan fingerprint density at radius 2 is 2.15 bits per heavy atom. The molecule has 0 aromatic heterocycles. The monoisotopic (exact) mass is 250 g/mol. The molecular formula is C9H12BrFO2. The summed E-state index contributed by atoms with van der Waals surface area (Å²) in [6, 6.07) is 0. The van der Waals surface area contributed by atoms with E-state index >= 15 is 0 Å². The number of hydrogen-bond donors (Lipinski definition) is 0. The molecule has 0 heterocycles. The highest BCUT2D eigenvalue weighted by Gasteiger charge is 2.71. The highest BCUT2D eigenvalue weighted by Crippen LogP contribution is 2.73. The number of carbonyl (C=O) groups is 1. The average molecular weight is 251 g/mol. The fraction of sp³-hybridized carbons (Fsp3) is 0.889. The van der Waals surface area contributed by atoms with Crippen molar-refractivity contribution in [2.24, 2.45) is 5.41 Å². The van der Waals surface area contributed by atoms with Crippen molar-refractivity contribution >= 4 is 21.9 Å². The van der Waals surface area contributed by atoms with Gasteiger partial charge in [-0.05, 0) is 26.2 Å². The van der Waals surface area contributed by atoms with Crippen LogP contribution in [0.2, 0.25) is 0 Å². The van der Waals surface area contributed by atoms with Gasteiger partial charge in [0.2, 0.25) is 6.17 Å². The van der Waals surface area contributed by atoms with Crippen LogP contribution in [0, 0.1) is 5.41 Å². The van der Waals surface area contributed by atoms with Gasteiger partial charge in [-0.15, -0.1) is 0 Å². The zero-order valence-corrected chi connectivity index (χ0v) is 9.06. The zero-order chi connectivity index (χ0) is 9.69. The first-order valence-corrected chi connectivity index (χ1v) is 5.30. The quantitative estimate of drug-likeness (QED) is 0.567. The van der Waals surface area contributed by atoms with Crippen LogP contribution in [0.25, 0.3) is 0 Å². The van der Waals surface area contributed by atoms with E-state index in [0.29, 0.717) is 0 Å². The van der Waals surface area contributed by atoms with Crippen molar-refractivity contribution in [3.63, 3.8) is 0 Å². The van der Waals surface area contributed by atoms with Gasteiger partial charge in [0.05, 0.1) is 6.61 Å². The maximum absolute atomic E-state index is 13.5. The first-order valence-electron chi connectivity index (χ1n) is 4.51. The summed E-state index contributed by atoms with van der Waals surface area (Å²) in [5.41, 5.74) is -0.379. The molecule has 0 amide bonds. The van der Waals surface area contributed by atoms with Gasteiger partial charge < -0.3 is 4.74 Å². The van der Waals surface area contributed by atoms with Crippen molar-refractivity contribution < 1.29 is 13.9 Å². The Balaban J connectivity index is 1.92. The van der Waals surface area contributed by atoms with Gasteiger partial charge in [-0.1, -0.05) is 15.9 Å². The third kappa shape index (κ3) is 1.22. The molecule has 3 saturated carbocycles. The van der Waals surface area contributed by atoms with Crippen LogP contribution in [0.4, 0.5) is 4.39 Å². The van der Waals surface area contributed by atoms with Crippen molar-refractivity contribution in [3.8, 4) is 0 Å². The fourth-order valence-corrected chi connectivity index (χ4v) is 4.15. The van der Waals surface area contributed by atoms with Crippen molar-refractivity contribution in [1.29, 1.82) is 0 Å². The van der Waals surface area contributed by atoms with Crippen molar-refractivity contribution in [2.75, 3.05) is 6.61 Å². The van der Waals surface area contributed by atoms with Crippen LogP contribution in [-0.4, -0.2) is 23.1 Å². The smallest absolute Gasteiger partial charge is 0.341 e. The van der Waals surface area contributed by atoms with Gasteiger partial charge in [-0.2, -0.15) is 0 Å². The largest absolute Gasteiger partial charge is 0.464 e. The van der Waals surface area contributed by atoms with Crippen LogP contribution < -0.4 is 0 Å². The first-order chi connectivity index (χ1) is 6.01. The molecule has 0 spiro atoms. The molecule has 0 aromatic rings. The fourth-order valence-electron chi connectivity index (χ4n) is 2.47. The van der Waals surface area contributed by atoms with Crippen LogP contribution in [-0.2, 0) is 9.53 Å². The van der Waals surface area contributed by atoms with Gasteiger partial charge in [0.1, 0.15) is 0 Å². The third-order valence-electron chi connectivity index (χ3n) is 3.04. The summed E-state index contributed by atoms with van der Waals surface area (Å²) >= 11 is 3.50. The molecule has 1 unspecified atom stereocenters. The summed E-state index contributed by atoms with van der Waals surface area (Å²) in [4.78, 5) is 11.1. The van der Waals surface area contributed by atoms with Crippen LogP contribution >= 0.6 is 15.9 Å². The normalized spacial score (nSPS) is 43.0. The Kier molecular flexibility index (Phi) is 1.95. The van der Waals surface area contributed by atoms with E-state index in [-0.39, 0.29) is 16.3 Å². The standard InChI is InChI=1S/C9H12BrFO2/c1-2-13-7(12)6(11)8-3-9(10,4-8)5-8/h6H,2-5H2,1H3. The Hall–Kier alpha value is -0.120. The van der Waals surface area contributed by atoms with E-state index < -0.39 is 12.1 Å². The van der Waals surface area contributed by atoms with E-state index in [2.05, 4.69) is 20.7 Å². The van der Waals surface area contributed by atoms with Gasteiger partial charge in [0.25, 0.3) is 0 Å². The maximum atomic E-state index is 13.5. The number of esters is 1. The molecule has 4 heteroatoms. The lowest BCUT2D eigenvalue weighted by molar-refractivity contribution is -0.178. The molecule has 0 aliphatic heterocycles. The Morgan fingerprint density at radius 1 is 1.62 bits per heavy atom. The number of halogens is 2. The molecule has 3 aliphatic rings. The molecule has 2 bridgehead atoms. The van der Waals surface area contributed by atoms with Crippen molar-refractivity contribution in [1.82, 2.24) is 0 Å². The van der Waals surface area contributed by atoms with Gasteiger partial charge in [-0.3, -0.25) is 0 Å². The van der Waals surface area contributed by atoms with Crippen LogP contribution in [0.5, 0.6) is 0 Å². The Bertz CT molecular complexity index is 234. The molecule has 0 radical (unpaired) electrons. The topological polar surface area (TPSA) is 26.3 Å². The summed E-state index contributed by atoms with van der Waals surface area (Å²) in [7, 11) is 0. The third-order valence-corrected chi connectivity index (χ3v) is 3.88. The van der Waals surface area contributed by atoms with Crippen LogP contribution in [0.1, 0.15) is 26.2 Å². The van der Waals surface area contributed by atoms with Gasteiger partial charge in [0.15, 0.2) is 0 Å². The molecule has 2 nitrogen and oxygen atoms in total. The highest BCUT2D eigenvalue weighted by atomic mass is 79.9. The summed E-state index contributed by atoms with van der Waals surface area (Å²) in [6.07, 6.45) is 0.923. The number of hydrogen-bond acceptors (Lipinski definition) is 2. The number of ether oxygens (including phenoxy) is 1. The second-order valence-corrected chi connectivity index (χ2v) is 5.84. The Labute approximate surface area is 85.0 Å². The summed E-state index contributed by atoms with van der Waals surface area (Å²) in [5.74, 6) is -0.684. The van der Waals surface area contributed by atoms with E-state index in [9.17, 15) is 9.18 Å². The van der Waals surface area contributed by atoms with Gasteiger partial charge >= 0.3 is 5.97 Å². The summed E-state index contributed by atoms with van der Waals surface area (Å²) < 4.78 is 18.3. The molecular weight excluding hydrogens is 239 g/mol. The molecule has 3 aliphatic carbocycles. The lowest BCUT2D eigenvalue weighted by atomic mass is 9.42. The summed E-state index contributed by atoms with van der Waals surface area (Å²) in [5, 5.41) is 0. The minimum atomic E-state index is -1.41. The molecule has 74 valence electrons. The van der Waals surface area contributed by atoms with Crippen LogP contribution in [0.3, 0.4) is 0 Å². The lowest BCUT2D eigenvalue weighted by Gasteiger charge is -2.68.